The molecule has 5 aromatic rings. The van der Waals surface area contributed by atoms with Gasteiger partial charge in [0.2, 0.25) is 0 Å². The number of hydrogen-bond donors (Lipinski definition) is 2. The van der Waals surface area contributed by atoms with Crippen LogP contribution in [0.2, 0.25) is 0 Å². The standard InChI is InChI=1S/C29H19N7O2/c30-27-24(29(32-18-7-2-1-3-8-18)34-28(33-27)17-13-15-31-16-14-17)36-35-22-12-6-11-21-23(22)26(38)20-10-5-4-9-19(20)25(21)37/h1-16H,(H3,30,32,33,34). The molecule has 9 heteroatoms. The summed E-state index contributed by atoms with van der Waals surface area (Å²) in [6, 6.07) is 24.6. The van der Waals surface area contributed by atoms with Crippen molar-refractivity contribution in [1.29, 1.82) is 0 Å². The molecule has 0 bridgehead atoms. The van der Waals surface area contributed by atoms with Crippen molar-refractivity contribution in [2.75, 3.05) is 11.1 Å². The summed E-state index contributed by atoms with van der Waals surface area (Å²) >= 11 is 0. The number of aromatic nitrogens is 3. The summed E-state index contributed by atoms with van der Waals surface area (Å²) in [7, 11) is 0. The lowest BCUT2D eigenvalue weighted by molar-refractivity contribution is 0.0979. The fraction of sp³-hybridized carbons (Fsp3) is 0. The van der Waals surface area contributed by atoms with E-state index < -0.39 is 0 Å². The lowest BCUT2D eigenvalue weighted by atomic mass is 9.83. The van der Waals surface area contributed by atoms with Gasteiger partial charge in [0.25, 0.3) is 0 Å². The Labute approximate surface area is 217 Å². The Hall–Kier alpha value is -5.57. The molecule has 0 saturated carbocycles. The van der Waals surface area contributed by atoms with Crippen molar-refractivity contribution in [3.63, 3.8) is 0 Å². The number of para-hydroxylation sites is 1. The number of fused-ring (bicyclic) bond motifs is 2. The Balaban J connectivity index is 1.45. The van der Waals surface area contributed by atoms with E-state index >= 15 is 0 Å². The molecular weight excluding hydrogens is 478 g/mol. The second kappa shape index (κ2) is 9.47. The Morgan fingerprint density at radius 2 is 1.37 bits per heavy atom. The van der Waals surface area contributed by atoms with Gasteiger partial charge in [-0.25, -0.2) is 9.97 Å². The van der Waals surface area contributed by atoms with Crippen LogP contribution in [0.15, 0.2) is 108 Å². The first-order valence-corrected chi connectivity index (χ1v) is 11.7. The number of pyridine rings is 1. The number of ketones is 2. The molecule has 38 heavy (non-hydrogen) atoms. The lowest BCUT2D eigenvalue weighted by Crippen LogP contribution is -2.20. The third-order valence-electron chi connectivity index (χ3n) is 6.07. The van der Waals surface area contributed by atoms with Crippen molar-refractivity contribution in [1.82, 2.24) is 15.0 Å². The van der Waals surface area contributed by atoms with Crippen LogP contribution in [0.5, 0.6) is 0 Å². The molecular formula is C29H19N7O2. The van der Waals surface area contributed by atoms with E-state index in [1.165, 1.54) is 0 Å². The lowest BCUT2D eigenvalue weighted by Gasteiger charge is -2.18. The Morgan fingerprint density at radius 3 is 2.13 bits per heavy atom. The topological polar surface area (TPSA) is 136 Å². The van der Waals surface area contributed by atoms with E-state index in [1.54, 1.807) is 67.0 Å². The van der Waals surface area contributed by atoms with E-state index in [-0.39, 0.29) is 39.9 Å². The second-order valence-corrected chi connectivity index (χ2v) is 8.46. The van der Waals surface area contributed by atoms with Crippen LogP contribution in [0.25, 0.3) is 11.4 Å². The van der Waals surface area contributed by atoms with Gasteiger partial charge in [-0.15, -0.1) is 10.2 Å². The maximum Gasteiger partial charge on any atom is 0.196 e. The highest BCUT2D eigenvalue weighted by Gasteiger charge is 2.31. The highest BCUT2D eigenvalue weighted by molar-refractivity contribution is 6.29. The van der Waals surface area contributed by atoms with Crippen LogP contribution in [0, 0.1) is 0 Å². The Morgan fingerprint density at radius 1 is 0.684 bits per heavy atom. The molecule has 0 radical (unpaired) electrons. The van der Waals surface area contributed by atoms with Crippen molar-refractivity contribution in [3.8, 4) is 11.4 Å². The van der Waals surface area contributed by atoms with E-state index in [9.17, 15) is 9.59 Å². The second-order valence-electron chi connectivity index (χ2n) is 8.46. The molecule has 1 aliphatic carbocycles. The summed E-state index contributed by atoms with van der Waals surface area (Å²) < 4.78 is 0. The quantitative estimate of drug-likeness (QED) is 0.277. The van der Waals surface area contributed by atoms with E-state index in [0.29, 0.717) is 22.8 Å². The fourth-order valence-electron chi connectivity index (χ4n) is 4.26. The first-order valence-electron chi connectivity index (χ1n) is 11.7. The number of hydrogen-bond acceptors (Lipinski definition) is 9. The molecule has 0 saturated heterocycles. The van der Waals surface area contributed by atoms with Crippen LogP contribution in [0.1, 0.15) is 31.8 Å². The highest BCUT2D eigenvalue weighted by Crippen LogP contribution is 2.37. The molecule has 6 rings (SSSR count). The fourth-order valence-corrected chi connectivity index (χ4v) is 4.26. The van der Waals surface area contributed by atoms with Gasteiger partial charge in [0.1, 0.15) is 0 Å². The molecule has 2 heterocycles. The number of nitrogen functional groups attached to an aromatic ring is 1. The van der Waals surface area contributed by atoms with Crippen molar-refractivity contribution in [2.45, 2.75) is 0 Å². The summed E-state index contributed by atoms with van der Waals surface area (Å²) in [6.45, 7) is 0. The van der Waals surface area contributed by atoms with Crippen LogP contribution < -0.4 is 11.1 Å². The average Bonchev–Trinajstić information content (AvgIpc) is 2.96. The van der Waals surface area contributed by atoms with Gasteiger partial charge in [-0.3, -0.25) is 14.6 Å². The van der Waals surface area contributed by atoms with Crippen LogP contribution >= 0.6 is 0 Å². The summed E-state index contributed by atoms with van der Waals surface area (Å²) in [5.41, 5.74) is 9.47. The Bertz CT molecular complexity index is 1740. The molecule has 0 fully saturated rings. The molecule has 1 aliphatic rings. The average molecular weight is 498 g/mol. The van der Waals surface area contributed by atoms with Gasteiger partial charge >= 0.3 is 0 Å². The molecule has 182 valence electrons. The molecule has 3 aromatic carbocycles. The zero-order valence-corrected chi connectivity index (χ0v) is 19.9. The third-order valence-corrected chi connectivity index (χ3v) is 6.07. The largest absolute Gasteiger partial charge is 0.382 e. The molecule has 0 amide bonds. The third kappa shape index (κ3) is 4.07. The molecule has 0 aliphatic heterocycles. The Kier molecular flexibility index (Phi) is 5.70. The van der Waals surface area contributed by atoms with Gasteiger partial charge < -0.3 is 11.1 Å². The highest BCUT2D eigenvalue weighted by atomic mass is 16.1. The number of carbonyl (C=O) groups is 2. The van der Waals surface area contributed by atoms with E-state index in [1.807, 2.05) is 30.3 Å². The summed E-state index contributed by atoms with van der Waals surface area (Å²) in [5, 5.41) is 12.0. The smallest absolute Gasteiger partial charge is 0.196 e. The van der Waals surface area contributed by atoms with Gasteiger partial charge in [-0.1, -0.05) is 54.6 Å². The minimum Gasteiger partial charge on any atom is -0.382 e. The van der Waals surface area contributed by atoms with Gasteiger partial charge in [-0.05, 0) is 30.3 Å². The maximum absolute atomic E-state index is 13.3. The van der Waals surface area contributed by atoms with Crippen LogP contribution in [0.3, 0.4) is 0 Å². The van der Waals surface area contributed by atoms with E-state index in [0.717, 1.165) is 11.3 Å². The van der Waals surface area contributed by atoms with Gasteiger partial charge in [-0.2, -0.15) is 0 Å². The minimum atomic E-state index is -0.287. The normalized spacial score (nSPS) is 12.3. The maximum atomic E-state index is 13.3. The van der Waals surface area contributed by atoms with Crippen LogP contribution in [-0.4, -0.2) is 26.5 Å². The SMILES string of the molecule is Nc1nc(-c2ccncc2)nc(Nc2ccccc2)c1N=Nc1cccc2c1C(=O)c1ccccc1C2=O. The molecule has 3 N–H and O–H groups in total. The van der Waals surface area contributed by atoms with Crippen molar-refractivity contribution < 1.29 is 9.59 Å². The van der Waals surface area contributed by atoms with Crippen molar-refractivity contribution >= 4 is 40.3 Å². The molecule has 0 atom stereocenters. The minimum absolute atomic E-state index is 0.0894. The number of carbonyl (C=O) groups excluding carboxylic acids is 2. The number of azo groups is 1. The molecule has 2 aromatic heterocycles. The van der Waals surface area contributed by atoms with Crippen LogP contribution in [-0.2, 0) is 0 Å². The molecule has 9 nitrogen and oxygen atoms in total. The number of rotatable bonds is 5. The van der Waals surface area contributed by atoms with Crippen LogP contribution in [0.4, 0.5) is 28.7 Å². The summed E-state index contributed by atoms with van der Waals surface area (Å²) in [6.07, 6.45) is 3.28. The predicted molar refractivity (Wildman–Crippen MR) is 143 cm³/mol. The zero-order chi connectivity index (χ0) is 26.1. The van der Waals surface area contributed by atoms with Gasteiger partial charge in [0.15, 0.2) is 34.7 Å². The number of benzene rings is 3. The summed E-state index contributed by atoms with van der Waals surface area (Å²) in [4.78, 5) is 39.5. The van der Waals surface area contributed by atoms with Crippen molar-refractivity contribution in [2.24, 2.45) is 10.2 Å². The molecule has 0 spiro atoms. The number of anilines is 3. The first kappa shape index (κ1) is 22.9. The molecule has 0 unspecified atom stereocenters. The summed E-state index contributed by atoms with van der Waals surface area (Å²) in [5.74, 6) is 0.285. The monoisotopic (exact) mass is 497 g/mol. The predicted octanol–water partition coefficient (Wildman–Crippen LogP) is 6.06. The zero-order valence-electron chi connectivity index (χ0n) is 19.9. The van der Waals surface area contributed by atoms with Gasteiger partial charge in [0.05, 0.1) is 11.3 Å². The van der Waals surface area contributed by atoms with Crippen molar-refractivity contribution in [3.05, 3.63) is 120 Å². The van der Waals surface area contributed by atoms with Gasteiger partial charge in [0, 0.05) is 40.3 Å². The van der Waals surface area contributed by atoms with E-state index in [4.69, 9.17) is 5.73 Å². The number of nitrogens with one attached hydrogen (secondary N) is 1. The number of nitrogens with two attached hydrogens (primary N) is 1. The first-order chi connectivity index (χ1) is 18.6. The number of nitrogens with zero attached hydrogens (tertiary/aromatic N) is 5. The van der Waals surface area contributed by atoms with E-state index in [2.05, 4.69) is 30.5 Å².